The Morgan fingerprint density at radius 3 is 2.33 bits per heavy atom. The van der Waals surface area contributed by atoms with Crippen LogP contribution in [0.5, 0.6) is 0 Å². The van der Waals surface area contributed by atoms with Crippen molar-refractivity contribution < 1.29 is 0 Å². The summed E-state index contributed by atoms with van der Waals surface area (Å²) in [6, 6.07) is 19.2. The van der Waals surface area contributed by atoms with Crippen molar-refractivity contribution in [3.8, 4) is 0 Å². The van der Waals surface area contributed by atoms with Gasteiger partial charge in [-0.3, -0.25) is 0 Å². The Balaban J connectivity index is 2.21. The average Bonchev–Trinajstić information content (AvgIpc) is 2.46. The van der Waals surface area contributed by atoms with Gasteiger partial charge >= 0.3 is 0 Å². The van der Waals surface area contributed by atoms with Crippen LogP contribution in [0.1, 0.15) is 33.9 Å². The van der Waals surface area contributed by atoms with Crippen LogP contribution >= 0.6 is 0 Å². The lowest BCUT2D eigenvalue weighted by Crippen LogP contribution is -2.15. The lowest BCUT2D eigenvalue weighted by molar-refractivity contribution is 0.861. The molecular weight excluding hydrogens is 254 g/mol. The minimum absolute atomic E-state index is 0.0864. The van der Waals surface area contributed by atoms with Gasteiger partial charge in [-0.15, -0.1) is 0 Å². The Bertz CT molecular complexity index is 802. The summed E-state index contributed by atoms with van der Waals surface area (Å²) >= 11 is 0. The van der Waals surface area contributed by atoms with E-state index < -0.39 is 0 Å². The predicted octanol–water partition coefficient (Wildman–Crippen LogP) is 4.81. The molecule has 1 nitrogen and oxygen atoms in total. The summed E-state index contributed by atoms with van der Waals surface area (Å²) in [6.07, 6.45) is 0. The largest absolute Gasteiger partial charge is 0.320 e. The summed E-state index contributed by atoms with van der Waals surface area (Å²) in [5.41, 5.74) is 12.9. The average molecular weight is 275 g/mol. The van der Waals surface area contributed by atoms with E-state index in [9.17, 15) is 0 Å². The van der Waals surface area contributed by atoms with Crippen LogP contribution in [0.25, 0.3) is 10.8 Å². The summed E-state index contributed by atoms with van der Waals surface area (Å²) in [5, 5.41) is 2.50. The molecule has 0 aliphatic rings. The fraction of sp³-hybridized carbons (Fsp3) is 0.200. The van der Waals surface area contributed by atoms with Crippen LogP contribution < -0.4 is 5.73 Å². The molecule has 0 radical (unpaired) electrons. The summed E-state index contributed by atoms with van der Waals surface area (Å²) in [4.78, 5) is 0. The minimum Gasteiger partial charge on any atom is -0.320 e. The molecule has 0 spiro atoms. The van der Waals surface area contributed by atoms with Gasteiger partial charge in [-0.05, 0) is 53.8 Å². The first kappa shape index (κ1) is 13.8. The van der Waals surface area contributed by atoms with Crippen LogP contribution in [-0.2, 0) is 0 Å². The van der Waals surface area contributed by atoms with Crippen LogP contribution in [0.2, 0.25) is 0 Å². The number of rotatable bonds is 2. The van der Waals surface area contributed by atoms with E-state index in [1.54, 1.807) is 0 Å². The maximum absolute atomic E-state index is 6.63. The van der Waals surface area contributed by atoms with Crippen molar-refractivity contribution in [1.82, 2.24) is 0 Å². The van der Waals surface area contributed by atoms with E-state index >= 15 is 0 Å². The van der Waals surface area contributed by atoms with Gasteiger partial charge in [-0.1, -0.05) is 60.2 Å². The Morgan fingerprint density at radius 2 is 1.57 bits per heavy atom. The molecule has 0 saturated carbocycles. The van der Waals surface area contributed by atoms with Gasteiger partial charge in [0, 0.05) is 0 Å². The Kier molecular flexibility index (Phi) is 3.52. The minimum atomic E-state index is -0.0864. The fourth-order valence-corrected chi connectivity index (χ4v) is 3.15. The maximum atomic E-state index is 6.63. The molecule has 1 heteroatoms. The maximum Gasteiger partial charge on any atom is 0.0563 e. The number of fused-ring (bicyclic) bond motifs is 1. The number of aryl methyl sites for hydroxylation is 3. The summed E-state index contributed by atoms with van der Waals surface area (Å²) in [5.74, 6) is 0. The zero-order chi connectivity index (χ0) is 15.0. The standard InChI is InChI=1S/C20H21N/c1-13-8-11-17(15(3)12-13)20(21)19-14(2)9-10-16-6-4-5-7-18(16)19/h4-12,20H,21H2,1-3H3. The van der Waals surface area contributed by atoms with E-state index in [1.165, 1.54) is 38.6 Å². The molecule has 2 N–H and O–H groups in total. The molecule has 0 aromatic heterocycles. The smallest absolute Gasteiger partial charge is 0.0563 e. The zero-order valence-corrected chi connectivity index (χ0v) is 12.9. The first-order chi connectivity index (χ1) is 10.1. The van der Waals surface area contributed by atoms with Gasteiger partial charge in [-0.25, -0.2) is 0 Å². The van der Waals surface area contributed by atoms with Gasteiger partial charge in [0.2, 0.25) is 0 Å². The molecule has 3 rings (SSSR count). The van der Waals surface area contributed by atoms with Crippen molar-refractivity contribution >= 4 is 10.8 Å². The van der Waals surface area contributed by atoms with Crippen molar-refractivity contribution in [1.29, 1.82) is 0 Å². The SMILES string of the molecule is Cc1ccc(C(N)c2c(C)ccc3ccccc23)c(C)c1. The van der Waals surface area contributed by atoms with Crippen molar-refractivity contribution in [2.24, 2.45) is 5.73 Å². The molecule has 0 fully saturated rings. The molecule has 0 bridgehead atoms. The first-order valence-electron chi connectivity index (χ1n) is 7.39. The Hall–Kier alpha value is -2.12. The molecule has 1 atom stereocenters. The van der Waals surface area contributed by atoms with Crippen LogP contribution in [0, 0.1) is 20.8 Å². The third kappa shape index (κ3) is 2.45. The zero-order valence-electron chi connectivity index (χ0n) is 12.9. The molecular formula is C20H21N. The summed E-state index contributed by atoms with van der Waals surface area (Å²) in [6.45, 7) is 6.40. The van der Waals surface area contributed by atoms with E-state index in [2.05, 4.69) is 75.4 Å². The lowest BCUT2D eigenvalue weighted by Gasteiger charge is -2.20. The van der Waals surface area contributed by atoms with E-state index in [0.29, 0.717) is 0 Å². The summed E-state index contributed by atoms with van der Waals surface area (Å²) < 4.78 is 0. The quantitative estimate of drug-likeness (QED) is 0.713. The van der Waals surface area contributed by atoms with E-state index in [4.69, 9.17) is 5.73 Å². The third-order valence-corrected chi connectivity index (χ3v) is 4.26. The monoisotopic (exact) mass is 275 g/mol. The molecule has 21 heavy (non-hydrogen) atoms. The van der Waals surface area contributed by atoms with Gasteiger partial charge in [0.05, 0.1) is 6.04 Å². The molecule has 3 aromatic rings. The van der Waals surface area contributed by atoms with Gasteiger partial charge in [0.25, 0.3) is 0 Å². The molecule has 0 aliphatic heterocycles. The fourth-order valence-electron chi connectivity index (χ4n) is 3.15. The first-order valence-corrected chi connectivity index (χ1v) is 7.39. The van der Waals surface area contributed by atoms with Crippen LogP contribution in [0.15, 0.2) is 54.6 Å². The summed E-state index contributed by atoms with van der Waals surface area (Å²) in [7, 11) is 0. The van der Waals surface area contributed by atoms with Crippen LogP contribution in [0.3, 0.4) is 0 Å². The van der Waals surface area contributed by atoms with Crippen molar-refractivity contribution in [2.45, 2.75) is 26.8 Å². The van der Waals surface area contributed by atoms with Crippen molar-refractivity contribution in [2.75, 3.05) is 0 Å². The highest BCUT2D eigenvalue weighted by Crippen LogP contribution is 2.31. The topological polar surface area (TPSA) is 26.0 Å². The molecule has 0 aliphatic carbocycles. The van der Waals surface area contributed by atoms with E-state index in [1.807, 2.05) is 0 Å². The van der Waals surface area contributed by atoms with Gasteiger partial charge < -0.3 is 5.73 Å². The number of benzene rings is 3. The second kappa shape index (κ2) is 5.34. The highest BCUT2D eigenvalue weighted by Gasteiger charge is 2.16. The predicted molar refractivity (Wildman–Crippen MR) is 90.6 cm³/mol. The molecule has 0 saturated heterocycles. The Labute approximate surface area is 126 Å². The number of nitrogens with two attached hydrogens (primary N) is 1. The third-order valence-electron chi connectivity index (χ3n) is 4.26. The van der Waals surface area contributed by atoms with E-state index in [-0.39, 0.29) is 6.04 Å². The normalized spacial score (nSPS) is 12.6. The van der Waals surface area contributed by atoms with Gasteiger partial charge in [0.15, 0.2) is 0 Å². The molecule has 3 aromatic carbocycles. The van der Waals surface area contributed by atoms with Crippen LogP contribution in [0.4, 0.5) is 0 Å². The second-order valence-electron chi connectivity index (χ2n) is 5.85. The van der Waals surface area contributed by atoms with E-state index in [0.717, 1.165) is 0 Å². The van der Waals surface area contributed by atoms with Crippen LogP contribution in [-0.4, -0.2) is 0 Å². The molecule has 1 unspecified atom stereocenters. The van der Waals surface area contributed by atoms with Crippen molar-refractivity contribution in [3.05, 3.63) is 82.4 Å². The lowest BCUT2D eigenvalue weighted by atomic mass is 9.88. The van der Waals surface area contributed by atoms with Gasteiger partial charge in [-0.2, -0.15) is 0 Å². The second-order valence-corrected chi connectivity index (χ2v) is 5.85. The van der Waals surface area contributed by atoms with Crippen molar-refractivity contribution in [3.63, 3.8) is 0 Å². The number of hydrogen-bond donors (Lipinski definition) is 1. The number of hydrogen-bond acceptors (Lipinski definition) is 1. The van der Waals surface area contributed by atoms with Gasteiger partial charge in [0.1, 0.15) is 0 Å². The Morgan fingerprint density at radius 1 is 0.810 bits per heavy atom. The molecule has 0 amide bonds. The molecule has 0 heterocycles. The highest BCUT2D eigenvalue weighted by molar-refractivity contribution is 5.87. The highest BCUT2D eigenvalue weighted by atomic mass is 14.6. The molecule has 106 valence electrons.